The third kappa shape index (κ3) is 4.08. The summed E-state index contributed by atoms with van der Waals surface area (Å²) in [6.45, 7) is 13.1. The lowest BCUT2D eigenvalue weighted by atomic mass is 9.81. The summed E-state index contributed by atoms with van der Waals surface area (Å²) in [5.41, 5.74) is -0.824. The van der Waals surface area contributed by atoms with Gasteiger partial charge in [-0.3, -0.25) is 4.57 Å². The summed E-state index contributed by atoms with van der Waals surface area (Å²) >= 11 is 0. The molecule has 1 N–H and O–H groups in total. The van der Waals surface area contributed by atoms with E-state index in [-0.39, 0.29) is 5.69 Å². The molecule has 0 amide bonds. The molecule has 2 heterocycles. The highest BCUT2D eigenvalue weighted by Gasteiger charge is 2.52. The first-order valence-corrected chi connectivity index (χ1v) is 8.29. The van der Waals surface area contributed by atoms with Gasteiger partial charge >= 0.3 is 13.2 Å². The standard InChI is InChI=1S/C17H28BNO6/c1-15(2,3)23-14(21)19-10-11(9-12(19)13(20)22-8)18-24-16(4,5)17(6,7)25-18/h9-10,13,20H,1-8H3. The maximum absolute atomic E-state index is 12.5. The predicted molar refractivity (Wildman–Crippen MR) is 93.7 cm³/mol. The Morgan fingerprint density at radius 1 is 1.24 bits per heavy atom. The second kappa shape index (κ2) is 6.43. The van der Waals surface area contributed by atoms with Crippen molar-refractivity contribution in [1.82, 2.24) is 4.57 Å². The maximum Gasteiger partial charge on any atom is 0.496 e. The third-order valence-electron chi connectivity index (χ3n) is 4.46. The Hall–Kier alpha value is -1.35. The molecule has 25 heavy (non-hydrogen) atoms. The first kappa shape index (κ1) is 20.0. The molecule has 0 aliphatic carbocycles. The maximum atomic E-state index is 12.5. The number of hydrogen-bond donors (Lipinski definition) is 1. The van der Waals surface area contributed by atoms with Gasteiger partial charge in [0, 0.05) is 18.8 Å². The van der Waals surface area contributed by atoms with Crippen LogP contribution >= 0.6 is 0 Å². The highest BCUT2D eigenvalue weighted by Crippen LogP contribution is 2.36. The van der Waals surface area contributed by atoms with Crippen LogP contribution in [0.1, 0.15) is 60.5 Å². The van der Waals surface area contributed by atoms with Crippen molar-refractivity contribution in [2.45, 2.75) is 71.6 Å². The summed E-state index contributed by atoms with van der Waals surface area (Å²) in [6.07, 6.45) is -0.335. The molecule has 1 aliphatic rings. The van der Waals surface area contributed by atoms with Crippen LogP contribution < -0.4 is 5.46 Å². The molecule has 1 saturated heterocycles. The van der Waals surface area contributed by atoms with Crippen molar-refractivity contribution < 1.29 is 28.7 Å². The zero-order valence-corrected chi connectivity index (χ0v) is 16.2. The highest BCUT2D eigenvalue weighted by atomic mass is 16.7. The molecule has 1 aromatic rings. The molecule has 1 aromatic heterocycles. The minimum atomic E-state index is -1.27. The normalized spacial score (nSPS) is 20.6. The molecule has 2 rings (SSSR count). The second-order valence-electron chi connectivity index (χ2n) is 8.22. The number of aliphatic hydroxyl groups is 1. The van der Waals surface area contributed by atoms with Crippen LogP contribution in [0.15, 0.2) is 12.3 Å². The second-order valence-corrected chi connectivity index (χ2v) is 8.22. The first-order chi connectivity index (χ1) is 11.3. The molecule has 0 aromatic carbocycles. The minimum absolute atomic E-state index is 0.251. The summed E-state index contributed by atoms with van der Waals surface area (Å²) < 4.78 is 23.6. The third-order valence-corrected chi connectivity index (χ3v) is 4.46. The molecule has 8 heteroatoms. The molecule has 7 nitrogen and oxygen atoms in total. The van der Waals surface area contributed by atoms with E-state index in [1.165, 1.54) is 11.7 Å². The molecule has 0 saturated carbocycles. The summed E-state index contributed by atoms with van der Waals surface area (Å²) in [5, 5.41) is 10.1. The summed E-state index contributed by atoms with van der Waals surface area (Å²) in [7, 11) is 0.697. The van der Waals surface area contributed by atoms with Crippen LogP contribution in [0, 0.1) is 0 Å². The van der Waals surface area contributed by atoms with Gasteiger partial charge in [-0.2, -0.15) is 0 Å². The number of methoxy groups -OCH3 is 1. The van der Waals surface area contributed by atoms with Crippen molar-refractivity contribution >= 4 is 18.7 Å². The van der Waals surface area contributed by atoms with E-state index in [1.807, 2.05) is 27.7 Å². The van der Waals surface area contributed by atoms with Gasteiger partial charge in [0.25, 0.3) is 0 Å². The van der Waals surface area contributed by atoms with Crippen molar-refractivity contribution in [3.8, 4) is 0 Å². The SMILES string of the molecule is COC(O)c1cc(B2OC(C)(C)C(C)(C)O2)cn1C(=O)OC(C)(C)C. The number of aliphatic hydroxyl groups excluding tert-OH is 1. The Balaban J connectivity index is 2.38. The number of rotatable bonds is 3. The predicted octanol–water partition coefficient (Wildman–Crippen LogP) is 2.21. The van der Waals surface area contributed by atoms with E-state index in [9.17, 15) is 9.90 Å². The van der Waals surface area contributed by atoms with E-state index in [0.29, 0.717) is 5.46 Å². The summed E-state index contributed by atoms with van der Waals surface area (Å²) in [6, 6.07) is 1.63. The van der Waals surface area contributed by atoms with E-state index >= 15 is 0 Å². The van der Waals surface area contributed by atoms with E-state index in [4.69, 9.17) is 18.8 Å². The van der Waals surface area contributed by atoms with Gasteiger partial charge in [-0.1, -0.05) is 0 Å². The number of hydrogen-bond acceptors (Lipinski definition) is 6. The van der Waals surface area contributed by atoms with Crippen molar-refractivity contribution in [3.05, 3.63) is 18.0 Å². The van der Waals surface area contributed by atoms with Gasteiger partial charge in [-0.15, -0.1) is 0 Å². The molecule has 0 spiro atoms. The number of ether oxygens (including phenoxy) is 2. The lowest BCUT2D eigenvalue weighted by Crippen LogP contribution is -2.41. The zero-order valence-electron chi connectivity index (χ0n) is 16.2. The lowest BCUT2D eigenvalue weighted by molar-refractivity contribution is -0.0819. The Morgan fingerprint density at radius 3 is 2.20 bits per heavy atom. The monoisotopic (exact) mass is 353 g/mol. The van der Waals surface area contributed by atoms with Gasteiger partial charge in [0.2, 0.25) is 0 Å². The number of nitrogens with zero attached hydrogens (tertiary/aromatic N) is 1. The molecule has 1 fully saturated rings. The number of carbonyl (C=O) groups is 1. The van der Waals surface area contributed by atoms with Crippen LogP contribution in [-0.2, 0) is 18.8 Å². The summed E-state index contributed by atoms with van der Waals surface area (Å²) in [5.74, 6) is 0. The van der Waals surface area contributed by atoms with Gasteiger partial charge < -0.3 is 23.9 Å². The topological polar surface area (TPSA) is 79.2 Å². The molecule has 1 atom stereocenters. The van der Waals surface area contributed by atoms with E-state index in [1.54, 1.807) is 33.0 Å². The smallest absolute Gasteiger partial charge is 0.443 e. The molecule has 0 bridgehead atoms. The van der Waals surface area contributed by atoms with Gasteiger partial charge in [0.15, 0.2) is 6.29 Å². The van der Waals surface area contributed by atoms with Gasteiger partial charge in [0.1, 0.15) is 5.60 Å². The van der Waals surface area contributed by atoms with Gasteiger partial charge in [-0.25, -0.2) is 4.79 Å². The molecular formula is C17H28BNO6. The van der Waals surface area contributed by atoms with Crippen molar-refractivity contribution in [2.24, 2.45) is 0 Å². The molecule has 0 radical (unpaired) electrons. The average molecular weight is 353 g/mol. The number of aromatic nitrogens is 1. The number of carbonyl (C=O) groups excluding carboxylic acids is 1. The fourth-order valence-electron chi connectivity index (χ4n) is 2.39. The van der Waals surface area contributed by atoms with E-state index in [2.05, 4.69) is 0 Å². The van der Waals surface area contributed by atoms with Crippen LogP contribution in [0.4, 0.5) is 4.79 Å². The quantitative estimate of drug-likeness (QED) is 0.663. The van der Waals surface area contributed by atoms with Crippen LogP contribution in [0.5, 0.6) is 0 Å². The van der Waals surface area contributed by atoms with Crippen LogP contribution in [0.2, 0.25) is 0 Å². The van der Waals surface area contributed by atoms with Crippen LogP contribution in [-0.4, -0.2) is 46.8 Å². The zero-order chi connectivity index (χ0) is 19.2. The first-order valence-electron chi connectivity index (χ1n) is 8.29. The van der Waals surface area contributed by atoms with Crippen LogP contribution in [0.3, 0.4) is 0 Å². The Labute approximate surface area is 149 Å². The molecule has 140 valence electrons. The fourth-order valence-corrected chi connectivity index (χ4v) is 2.39. The van der Waals surface area contributed by atoms with Crippen molar-refractivity contribution in [1.29, 1.82) is 0 Å². The highest BCUT2D eigenvalue weighted by molar-refractivity contribution is 6.62. The lowest BCUT2D eigenvalue weighted by Gasteiger charge is -2.32. The van der Waals surface area contributed by atoms with Crippen molar-refractivity contribution in [3.63, 3.8) is 0 Å². The van der Waals surface area contributed by atoms with Crippen LogP contribution in [0.25, 0.3) is 0 Å². The Morgan fingerprint density at radius 2 is 1.76 bits per heavy atom. The van der Waals surface area contributed by atoms with E-state index in [0.717, 1.165) is 0 Å². The summed E-state index contributed by atoms with van der Waals surface area (Å²) in [4.78, 5) is 12.5. The van der Waals surface area contributed by atoms with E-state index < -0.39 is 36.3 Å². The van der Waals surface area contributed by atoms with Gasteiger partial charge in [-0.05, 0) is 54.5 Å². The minimum Gasteiger partial charge on any atom is -0.443 e. The average Bonchev–Trinajstić information content (AvgIpc) is 2.96. The Kier molecular flexibility index (Phi) is 5.14. The molecular weight excluding hydrogens is 325 g/mol. The largest absolute Gasteiger partial charge is 0.496 e. The van der Waals surface area contributed by atoms with Crippen molar-refractivity contribution in [2.75, 3.05) is 7.11 Å². The molecule has 1 aliphatic heterocycles. The fraction of sp³-hybridized carbons (Fsp3) is 0.706. The van der Waals surface area contributed by atoms with Gasteiger partial charge in [0.05, 0.1) is 16.9 Å². The Bertz CT molecular complexity index is 630. The molecule has 1 unspecified atom stereocenters.